The number of hydrogen-bond donors (Lipinski definition) is 1. The van der Waals surface area contributed by atoms with Crippen LogP contribution in [0, 0.1) is 0 Å². The number of rotatable bonds is 7. The number of nitrogens with one attached hydrogen (secondary N) is 1. The number of aromatic amines is 1. The molecule has 130 valence electrons. The number of H-pyrrole nitrogens is 1. The first-order valence-electron chi connectivity index (χ1n) is 8.54. The Morgan fingerprint density at radius 1 is 1.16 bits per heavy atom. The number of fused-ring (bicyclic) bond motifs is 1. The van der Waals surface area contributed by atoms with Gasteiger partial charge in [0.05, 0.1) is 11.0 Å². The summed E-state index contributed by atoms with van der Waals surface area (Å²) in [6.45, 7) is 6.91. The van der Waals surface area contributed by atoms with Crippen LogP contribution < -0.4 is 4.74 Å². The maximum Gasteiger partial charge on any atom is 0.233 e. The van der Waals surface area contributed by atoms with E-state index >= 15 is 0 Å². The van der Waals surface area contributed by atoms with Gasteiger partial charge in [-0.25, -0.2) is 9.67 Å². The summed E-state index contributed by atoms with van der Waals surface area (Å²) in [5.41, 5.74) is 4.60. The first-order valence-corrected chi connectivity index (χ1v) is 8.54. The quantitative estimate of drug-likeness (QED) is 0.629. The van der Waals surface area contributed by atoms with Gasteiger partial charge in [-0.2, -0.15) is 0 Å². The lowest BCUT2D eigenvalue weighted by Crippen LogP contribution is -1.99. The van der Waals surface area contributed by atoms with E-state index in [9.17, 15) is 0 Å². The average molecular weight is 336 g/mol. The molecule has 25 heavy (non-hydrogen) atoms. The van der Waals surface area contributed by atoms with Crippen LogP contribution in [0.5, 0.6) is 5.88 Å². The van der Waals surface area contributed by atoms with Gasteiger partial charge in [-0.05, 0) is 51.8 Å². The Kier molecular flexibility index (Phi) is 5.33. The van der Waals surface area contributed by atoms with E-state index in [2.05, 4.69) is 48.0 Å². The van der Waals surface area contributed by atoms with Crippen LogP contribution in [0.25, 0.3) is 17.0 Å². The number of para-hydroxylation sites is 2. The van der Waals surface area contributed by atoms with Crippen molar-refractivity contribution < 1.29 is 4.74 Å². The van der Waals surface area contributed by atoms with E-state index in [1.165, 1.54) is 11.1 Å². The van der Waals surface area contributed by atoms with Crippen molar-refractivity contribution in [3.8, 4) is 11.8 Å². The van der Waals surface area contributed by atoms with E-state index in [4.69, 9.17) is 4.74 Å². The van der Waals surface area contributed by atoms with Gasteiger partial charge >= 0.3 is 0 Å². The molecule has 1 aromatic carbocycles. The largest absolute Gasteiger partial charge is 0.472 e. The molecule has 0 aliphatic heterocycles. The molecule has 2 aromatic heterocycles. The Balaban J connectivity index is 1.57. The minimum absolute atomic E-state index is 0.526. The minimum Gasteiger partial charge on any atom is -0.472 e. The predicted molar refractivity (Wildman–Crippen MR) is 101 cm³/mol. The molecule has 0 atom stereocenters. The summed E-state index contributed by atoms with van der Waals surface area (Å²) < 4.78 is 7.41. The lowest BCUT2D eigenvalue weighted by Gasteiger charge is -2.01. The third-order valence-electron chi connectivity index (χ3n) is 3.91. The third-order valence-corrected chi connectivity index (χ3v) is 3.91. The van der Waals surface area contributed by atoms with Gasteiger partial charge in [-0.3, -0.25) is 0 Å². The molecule has 1 N–H and O–H groups in total. The first kappa shape index (κ1) is 17.0. The Morgan fingerprint density at radius 2 is 2.00 bits per heavy atom. The van der Waals surface area contributed by atoms with Crippen molar-refractivity contribution in [2.45, 2.75) is 33.6 Å². The zero-order valence-electron chi connectivity index (χ0n) is 15.0. The number of hydrogen-bond acceptors (Lipinski definition) is 3. The minimum atomic E-state index is 0.526. The fraction of sp³-hybridized carbons (Fsp3) is 0.300. The molecule has 5 heteroatoms. The van der Waals surface area contributed by atoms with Crippen molar-refractivity contribution in [2.75, 3.05) is 6.61 Å². The molecule has 0 spiro atoms. The molecule has 0 bridgehead atoms. The Bertz CT molecular complexity index is 864. The number of allylic oxidation sites excluding steroid dienone is 3. The molecular weight excluding hydrogens is 312 g/mol. The zero-order chi connectivity index (χ0) is 17.6. The highest BCUT2D eigenvalue weighted by molar-refractivity contribution is 5.75. The summed E-state index contributed by atoms with van der Waals surface area (Å²) in [5, 5.41) is 4.42. The molecule has 0 radical (unpaired) electrons. The number of imidazole rings is 1. The second kappa shape index (κ2) is 7.83. The van der Waals surface area contributed by atoms with Crippen molar-refractivity contribution in [2.24, 2.45) is 0 Å². The highest BCUT2D eigenvalue weighted by Crippen LogP contribution is 2.15. The van der Waals surface area contributed by atoms with Crippen LogP contribution >= 0.6 is 0 Å². The van der Waals surface area contributed by atoms with Crippen LogP contribution in [0.3, 0.4) is 0 Å². The van der Waals surface area contributed by atoms with E-state index in [1.54, 1.807) is 4.68 Å². The van der Waals surface area contributed by atoms with E-state index in [-0.39, 0.29) is 0 Å². The Hall–Kier alpha value is -2.82. The molecule has 0 saturated carbocycles. The van der Waals surface area contributed by atoms with Crippen LogP contribution in [0.4, 0.5) is 0 Å². The van der Waals surface area contributed by atoms with Gasteiger partial charge in [-0.1, -0.05) is 29.4 Å². The van der Waals surface area contributed by atoms with Crippen molar-refractivity contribution in [1.29, 1.82) is 0 Å². The second-order valence-corrected chi connectivity index (χ2v) is 6.36. The normalized spacial score (nSPS) is 11.7. The highest BCUT2D eigenvalue weighted by atomic mass is 16.5. The van der Waals surface area contributed by atoms with Gasteiger partial charge in [0, 0.05) is 12.3 Å². The molecule has 0 unspecified atom stereocenters. The third kappa shape index (κ3) is 4.59. The van der Waals surface area contributed by atoms with Crippen molar-refractivity contribution in [3.63, 3.8) is 0 Å². The van der Waals surface area contributed by atoms with Gasteiger partial charge < -0.3 is 9.72 Å². The smallest absolute Gasteiger partial charge is 0.233 e. The van der Waals surface area contributed by atoms with Crippen LogP contribution in [0.1, 0.15) is 33.6 Å². The summed E-state index contributed by atoms with van der Waals surface area (Å²) in [6, 6.07) is 9.76. The standard InChI is InChI=1S/C20H24N4O/c1-15(2)7-6-8-16(3)12-14-25-19-11-13-24(23-19)20-21-17-9-4-5-10-18(17)22-20/h4-5,7,9-13H,6,8,14H2,1-3H3,(H,21,22). The average Bonchev–Trinajstić information content (AvgIpc) is 3.20. The molecule has 0 amide bonds. The molecule has 5 nitrogen and oxygen atoms in total. The first-order chi connectivity index (χ1) is 12.1. The molecule has 0 aliphatic carbocycles. The van der Waals surface area contributed by atoms with Crippen molar-refractivity contribution in [1.82, 2.24) is 19.7 Å². The number of aromatic nitrogens is 4. The molecule has 3 aromatic rings. The lowest BCUT2D eigenvalue weighted by atomic mass is 10.1. The van der Waals surface area contributed by atoms with Crippen LogP contribution in [-0.2, 0) is 0 Å². The van der Waals surface area contributed by atoms with Gasteiger partial charge in [0.15, 0.2) is 0 Å². The van der Waals surface area contributed by atoms with Gasteiger partial charge in [0.2, 0.25) is 11.8 Å². The van der Waals surface area contributed by atoms with E-state index in [0.717, 1.165) is 23.9 Å². The SMILES string of the molecule is CC(C)=CCCC(C)=CCOc1ccn(-c2nc3ccccc3[nH]2)n1. The number of nitrogens with zero attached hydrogens (tertiary/aromatic N) is 3. The second-order valence-electron chi connectivity index (χ2n) is 6.36. The Morgan fingerprint density at radius 3 is 2.80 bits per heavy atom. The summed E-state index contributed by atoms with van der Waals surface area (Å²) in [7, 11) is 0. The van der Waals surface area contributed by atoms with Crippen molar-refractivity contribution >= 4 is 11.0 Å². The van der Waals surface area contributed by atoms with E-state index in [0.29, 0.717) is 18.4 Å². The zero-order valence-corrected chi connectivity index (χ0v) is 15.0. The van der Waals surface area contributed by atoms with Crippen LogP contribution in [-0.4, -0.2) is 26.4 Å². The highest BCUT2D eigenvalue weighted by Gasteiger charge is 2.06. The maximum absolute atomic E-state index is 5.71. The molecule has 0 aliphatic rings. The van der Waals surface area contributed by atoms with E-state index in [1.807, 2.05) is 36.5 Å². The number of benzene rings is 1. The summed E-state index contributed by atoms with van der Waals surface area (Å²) in [5.74, 6) is 1.28. The molecule has 3 rings (SSSR count). The maximum atomic E-state index is 5.71. The van der Waals surface area contributed by atoms with E-state index < -0.39 is 0 Å². The topological polar surface area (TPSA) is 55.7 Å². The molecule has 2 heterocycles. The predicted octanol–water partition coefficient (Wildman–Crippen LogP) is 4.82. The molecule has 0 fully saturated rings. The van der Waals surface area contributed by atoms with Gasteiger partial charge in [0.1, 0.15) is 6.61 Å². The lowest BCUT2D eigenvalue weighted by molar-refractivity contribution is 0.344. The summed E-state index contributed by atoms with van der Waals surface area (Å²) >= 11 is 0. The van der Waals surface area contributed by atoms with Gasteiger partial charge in [0.25, 0.3) is 0 Å². The van der Waals surface area contributed by atoms with Crippen molar-refractivity contribution in [3.05, 3.63) is 59.8 Å². The van der Waals surface area contributed by atoms with Gasteiger partial charge in [-0.15, -0.1) is 5.10 Å². The van der Waals surface area contributed by atoms with Crippen LogP contribution in [0.2, 0.25) is 0 Å². The Labute approximate surface area is 148 Å². The summed E-state index contributed by atoms with van der Waals surface area (Å²) in [6.07, 6.45) is 8.35. The molecule has 0 saturated heterocycles. The number of ether oxygens (including phenoxy) is 1. The van der Waals surface area contributed by atoms with Crippen LogP contribution in [0.15, 0.2) is 59.8 Å². The summed E-state index contributed by atoms with van der Waals surface area (Å²) in [4.78, 5) is 7.77. The fourth-order valence-corrected chi connectivity index (χ4v) is 2.51. The monoisotopic (exact) mass is 336 g/mol. The molecular formula is C20H24N4O. The fourth-order valence-electron chi connectivity index (χ4n) is 2.51.